The molecular weight excluding hydrogens is 220 g/mol. The molecule has 0 bridgehead atoms. The second kappa shape index (κ2) is 5.05. The summed E-state index contributed by atoms with van der Waals surface area (Å²) in [5, 5.41) is 3.46. The molecular formula is C16H22N2. The summed E-state index contributed by atoms with van der Waals surface area (Å²) < 4.78 is 0. The summed E-state index contributed by atoms with van der Waals surface area (Å²) in [6, 6.07) is 9.39. The van der Waals surface area contributed by atoms with Gasteiger partial charge in [-0.15, -0.1) is 0 Å². The monoisotopic (exact) mass is 242 g/mol. The molecule has 2 heteroatoms. The number of nitrogens with one attached hydrogen (secondary N) is 1. The zero-order chi connectivity index (χ0) is 12.4. The Morgan fingerprint density at radius 3 is 2.72 bits per heavy atom. The third-order valence-corrected chi connectivity index (χ3v) is 4.19. The average Bonchev–Trinajstić information content (AvgIpc) is 2.58. The van der Waals surface area contributed by atoms with E-state index in [2.05, 4.69) is 41.1 Å². The Balaban J connectivity index is 1.91. The second-order valence-electron chi connectivity index (χ2n) is 5.48. The summed E-state index contributed by atoms with van der Waals surface area (Å²) in [7, 11) is 0. The average molecular weight is 242 g/mol. The summed E-state index contributed by atoms with van der Waals surface area (Å²) in [6.07, 6.45) is 7.93. The maximum Gasteiger partial charge on any atom is 0.0619 e. The Morgan fingerprint density at radius 1 is 1.11 bits per heavy atom. The zero-order valence-corrected chi connectivity index (χ0v) is 11.0. The van der Waals surface area contributed by atoms with Gasteiger partial charge in [-0.25, -0.2) is 0 Å². The predicted octanol–water partition coefficient (Wildman–Crippen LogP) is 4.16. The van der Waals surface area contributed by atoms with Crippen LogP contribution in [0.1, 0.15) is 38.5 Å². The highest BCUT2D eigenvalue weighted by Crippen LogP contribution is 2.35. The molecule has 1 saturated carbocycles. The van der Waals surface area contributed by atoms with E-state index in [0.717, 1.165) is 24.7 Å². The van der Waals surface area contributed by atoms with Gasteiger partial charge in [-0.3, -0.25) is 0 Å². The lowest BCUT2D eigenvalue weighted by Gasteiger charge is -2.35. The minimum Gasteiger partial charge on any atom is -0.366 e. The van der Waals surface area contributed by atoms with Gasteiger partial charge in [0.25, 0.3) is 0 Å². The van der Waals surface area contributed by atoms with Crippen LogP contribution in [0.3, 0.4) is 0 Å². The molecule has 1 aliphatic carbocycles. The van der Waals surface area contributed by atoms with Gasteiger partial charge in [-0.1, -0.05) is 38.0 Å². The summed E-state index contributed by atoms with van der Waals surface area (Å²) in [5.41, 5.74) is 3.73. The molecule has 1 aliphatic heterocycles. The Kier molecular flexibility index (Phi) is 3.26. The van der Waals surface area contributed by atoms with Gasteiger partial charge in [-0.2, -0.15) is 0 Å². The Morgan fingerprint density at radius 2 is 1.89 bits per heavy atom. The molecule has 1 aromatic rings. The maximum atomic E-state index is 4.11. The molecule has 0 atom stereocenters. The van der Waals surface area contributed by atoms with Gasteiger partial charge in [0.15, 0.2) is 0 Å². The van der Waals surface area contributed by atoms with Crippen LogP contribution in [-0.4, -0.2) is 12.6 Å². The molecule has 2 nitrogen and oxygen atoms in total. The third-order valence-electron chi connectivity index (χ3n) is 4.19. The Labute approximate surface area is 110 Å². The molecule has 0 radical (unpaired) electrons. The van der Waals surface area contributed by atoms with Crippen LogP contribution in [0.2, 0.25) is 0 Å². The van der Waals surface area contributed by atoms with E-state index in [9.17, 15) is 0 Å². The molecule has 1 N–H and O–H groups in total. The highest BCUT2D eigenvalue weighted by molar-refractivity contribution is 5.73. The number of anilines is 2. The van der Waals surface area contributed by atoms with Crippen molar-refractivity contribution in [2.24, 2.45) is 0 Å². The van der Waals surface area contributed by atoms with Crippen molar-refractivity contribution in [3.05, 3.63) is 36.5 Å². The van der Waals surface area contributed by atoms with Crippen LogP contribution in [0.15, 0.2) is 36.5 Å². The lowest BCUT2D eigenvalue weighted by atomic mass is 9.93. The van der Waals surface area contributed by atoms with Crippen molar-refractivity contribution < 1.29 is 0 Å². The fraction of sp³-hybridized carbons (Fsp3) is 0.500. The van der Waals surface area contributed by atoms with Gasteiger partial charge in [-0.05, 0) is 25.0 Å². The largest absolute Gasteiger partial charge is 0.366 e. The highest BCUT2D eigenvalue weighted by Gasteiger charge is 2.24. The van der Waals surface area contributed by atoms with Crippen LogP contribution in [0.25, 0.3) is 0 Å². The minimum absolute atomic E-state index is 0.729. The summed E-state index contributed by atoms with van der Waals surface area (Å²) in [6.45, 7) is 5.22. The molecule has 0 saturated heterocycles. The van der Waals surface area contributed by atoms with E-state index in [1.807, 2.05) is 0 Å². The fourth-order valence-electron chi connectivity index (χ4n) is 3.23. The number of para-hydroxylation sites is 2. The van der Waals surface area contributed by atoms with Gasteiger partial charge < -0.3 is 10.2 Å². The van der Waals surface area contributed by atoms with E-state index in [-0.39, 0.29) is 0 Å². The Bertz CT molecular complexity index is 432. The third kappa shape index (κ3) is 2.24. The van der Waals surface area contributed by atoms with Gasteiger partial charge >= 0.3 is 0 Å². The summed E-state index contributed by atoms with van der Waals surface area (Å²) in [5.74, 6) is 0. The summed E-state index contributed by atoms with van der Waals surface area (Å²) >= 11 is 0. The molecule has 0 unspecified atom stereocenters. The Hall–Kier alpha value is -1.44. The molecule has 1 aromatic carbocycles. The molecule has 2 aliphatic rings. The fourth-order valence-corrected chi connectivity index (χ4v) is 3.23. The van der Waals surface area contributed by atoms with Gasteiger partial charge in [0.2, 0.25) is 0 Å². The number of nitrogens with zero attached hydrogens (tertiary/aromatic N) is 1. The molecule has 96 valence electrons. The minimum atomic E-state index is 0.729. The lowest BCUT2D eigenvalue weighted by Crippen LogP contribution is -2.37. The quantitative estimate of drug-likeness (QED) is 0.795. The normalized spacial score (nSPS) is 21.1. The van der Waals surface area contributed by atoms with E-state index in [1.54, 1.807) is 0 Å². The first kappa shape index (κ1) is 11.6. The van der Waals surface area contributed by atoms with Crippen LogP contribution < -0.4 is 10.2 Å². The molecule has 3 rings (SSSR count). The molecule has 0 spiro atoms. The van der Waals surface area contributed by atoms with Crippen LogP contribution in [0, 0.1) is 0 Å². The van der Waals surface area contributed by atoms with Gasteiger partial charge in [0, 0.05) is 24.7 Å². The topological polar surface area (TPSA) is 15.3 Å². The van der Waals surface area contributed by atoms with Crippen molar-refractivity contribution in [1.29, 1.82) is 0 Å². The number of benzene rings is 1. The first-order valence-corrected chi connectivity index (χ1v) is 7.15. The number of hydrogen-bond donors (Lipinski definition) is 1. The van der Waals surface area contributed by atoms with Gasteiger partial charge in [0.05, 0.1) is 11.4 Å². The molecule has 18 heavy (non-hydrogen) atoms. The SMILES string of the molecule is C=C1CCN(C2CCCCC2)c2ccccc2N1. The van der Waals surface area contributed by atoms with E-state index in [0.29, 0.717) is 0 Å². The van der Waals surface area contributed by atoms with Crippen LogP contribution in [0.5, 0.6) is 0 Å². The van der Waals surface area contributed by atoms with Crippen LogP contribution >= 0.6 is 0 Å². The molecule has 1 fully saturated rings. The standard InChI is InChI=1S/C16H22N2/c1-13-11-12-18(14-7-3-2-4-8-14)16-10-6-5-9-15(16)17-13/h5-6,9-10,14,17H,1-4,7-8,11-12H2. The van der Waals surface area contributed by atoms with Crippen molar-refractivity contribution in [1.82, 2.24) is 0 Å². The first-order chi connectivity index (χ1) is 8.84. The van der Waals surface area contributed by atoms with Crippen LogP contribution in [0.4, 0.5) is 11.4 Å². The van der Waals surface area contributed by atoms with Crippen molar-refractivity contribution in [3.8, 4) is 0 Å². The van der Waals surface area contributed by atoms with E-state index in [4.69, 9.17) is 0 Å². The smallest absolute Gasteiger partial charge is 0.0619 e. The van der Waals surface area contributed by atoms with E-state index >= 15 is 0 Å². The van der Waals surface area contributed by atoms with E-state index < -0.39 is 0 Å². The van der Waals surface area contributed by atoms with Crippen molar-refractivity contribution >= 4 is 11.4 Å². The van der Waals surface area contributed by atoms with E-state index in [1.165, 1.54) is 43.5 Å². The van der Waals surface area contributed by atoms with Crippen molar-refractivity contribution in [2.75, 3.05) is 16.8 Å². The zero-order valence-electron chi connectivity index (χ0n) is 11.0. The van der Waals surface area contributed by atoms with Crippen LogP contribution in [-0.2, 0) is 0 Å². The lowest BCUT2D eigenvalue weighted by molar-refractivity contribution is 0.416. The summed E-state index contributed by atoms with van der Waals surface area (Å²) in [4.78, 5) is 2.61. The molecule has 1 heterocycles. The van der Waals surface area contributed by atoms with Crippen molar-refractivity contribution in [2.45, 2.75) is 44.6 Å². The predicted molar refractivity (Wildman–Crippen MR) is 78.0 cm³/mol. The molecule has 0 amide bonds. The number of hydrogen-bond acceptors (Lipinski definition) is 2. The van der Waals surface area contributed by atoms with Crippen molar-refractivity contribution in [3.63, 3.8) is 0 Å². The van der Waals surface area contributed by atoms with Gasteiger partial charge in [0.1, 0.15) is 0 Å². The highest BCUT2D eigenvalue weighted by atomic mass is 15.2. The molecule has 0 aromatic heterocycles. The first-order valence-electron chi connectivity index (χ1n) is 7.15. The number of fused-ring (bicyclic) bond motifs is 1. The maximum absolute atomic E-state index is 4.11. The number of rotatable bonds is 1. The second-order valence-corrected chi connectivity index (χ2v) is 5.48.